The number of rotatable bonds is 7. The maximum Gasteiger partial charge on any atom is 0.399 e. The van der Waals surface area contributed by atoms with Crippen molar-refractivity contribution in [2.45, 2.75) is 87.2 Å². The Kier molecular flexibility index (Phi) is 8.51. The number of fused-ring (bicyclic) bond motifs is 3. The highest BCUT2D eigenvalue weighted by Crippen LogP contribution is 2.59. The fraction of sp³-hybridized carbons (Fsp3) is 0.645. The highest BCUT2D eigenvalue weighted by Gasteiger charge is 2.52. The topological polar surface area (TPSA) is 149 Å². The number of carbonyl (C=O) groups excluding carboxylic acids is 3. The zero-order valence-electron chi connectivity index (χ0n) is 25.3. The van der Waals surface area contributed by atoms with Crippen molar-refractivity contribution in [1.82, 2.24) is 20.4 Å². The van der Waals surface area contributed by atoms with Crippen LogP contribution in [0.4, 0.5) is 8.78 Å². The number of hydrogen-bond donors (Lipinski definition) is 4. The van der Waals surface area contributed by atoms with Crippen LogP contribution in [0.2, 0.25) is 0 Å². The van der Waals surface area contributed by atoms with Crippen LogP contribution in [-0.2, 0) is 24.6 Å². The Morgan fingerprint density at radius 2 is 1.74 bits per heavy atom. The van der Waals surface area contributed by atoms with Crippen LogP contribution in [0.15, 0.2) is 24.3 Å². The van der Waals surface area contributed by atoms with Gasteiger partial charge in [-0.25, -0.2) is 0 Å². The molecule has 4 aliphatic heterocycles. The number of likely N-dealkylation sites (tertiary alicyclic amines) is 1. The zero-order valence-corrected chi connectivity index (χ0v) is 27.0. The van der Waals surface area contributed by atoms with E-state index in [1.807, 2.05) is 0 Å². The molecule has 0 spiro atoms. The minimum atomic E-state index is -5.75. The molecule has 1 aromatic heterocycles. The first-order valence-electron chi connectivity index (χ1n) is 16.1. The minimum Gasteiger partial charge on any atom is -0.381 e. The predicted molar refractivity (Wildman–Crippen MR) is 165 cm³/mol. The summed E-state index contributed by atoms with van der Waals surface area (Å²) < 4.78 is 46.0. The van der Waals surface area contributed by atoms with Crippen LogP contribution in [0.5, 0.6) is 0 Å². The van der Waals surface area contributed by atoms with Gasteiger partial charge in [-0.05, 0) is 86.8 Å². The maximum absolute atomic E-state index is 14.3. The predicted octanol–water partition coefficient (Wildman–Crippen LogP) is 3.39. The number of benzene rings is 1. The second-order valence-corrected chi connectivity index (χ2v) is 16.3. The quantitative estimate of drug-likeness (QED) is 0.326. The van der Waals surface area contributed by atoms with Crippen LogP contribution < -0.4 is 10.6 Å². The van der Waals surface area contributed by atoms with E-state index >= 15 is 0 Å². The number of thiophene rings is 1. The second kappa shape index (κ2) is 12.2. The largest absolute Gasteiger partial charge is 0.399 e. The van der Waals surface area contributed by atoms with E-state index in [4.69, 9.17) is 14.5 Å². The van der Waals surface area contributed by atoms with Gasteiger partial charge >= 0.3 is 13.3 Å². The van der Waals surface area contributed by atoms with Crippen molar-refractivity contribution in [3.8, 4) is 0 Å². The van der Waals surface area contributed by atoms with Crippen molar-refractivity contribution in [1.29, 1.82) is 0 Å². The summed E-state index contributed by atoms with van der Waals surface area (Å²) in [4.78, 5) is 63.8. The first-order chi connectivity index (χ1) is 21.9. The molecule has 0 unspecified atom stereocenters. The van der Waals surface area contributed by atoms with E-state index in [2.05, 4.69) is 15.5 Å². The Balaban J connectivity index is 1.04. The average Bonchev–Trinajstić information content (AvgIpc) is 3.39. The Bertz CT molecular complexity index is 1580. The summed E-state index contributed by atoms with van der Waals surface area (Å²) in [6.45, 7) is 3.24. The Labute approximate surface area is 269 Å². The summed E-state index contributed by atoms with van der Waals surface area (Å²) in [5.41, 5.74) is -5.21. The minimum absolute atomic E-state index is 0.0256. The molecule has 0 bridgehead atoms. The number of halogens is 2. The van der Waals surface area contributed by atoms with E-state index in [1.165, 1.54) is 12.1 Å². The lowest BCUT2D eigenvalue weighted by Gasteiger charge is -2.35. The number of nitrogens with one attached hydrogen (secondary N) is 2. The molecule has 11 nitrogen and oxygen atoms in total. The highest BCUT2D eigenvalue weighted by molar-refractivity contribution is 7.52. The Morgan fingerprint density at radius 3 is 2.50 bits per heavy atom. The van der Waals surface area contributed by atoms with Gasteiger partial charge in [0.2, 0.25) is 11.8 Å². The van der Waals surface area contributed by atoms with Crippen molar-refractivity contribution >= 4 is 46.7 Å². The molecule has 6 atom stereocenters. The summed E-state index contributed by atoms with van der Waals surface area (Å²) >= 11 is 1.04. The normalized spacial score (nSPS) is 30.9. The Morgan fingerprint density at radius 1 is 0.978 bits per heavy atom. The van der Waals surface area contributed by atoms with Crippen LogP contribution in [0, 0.1) is 11.8 Å². The van der Waals surface area contributed by atoms with Crippen LogP contribution in [0.25, 0.3) is 10.1 Å². The molecule has 15 heteroatoms. The van der Waals surface area contributed by atoms with Gasteiger partial charge in [0.25, 0.3) is 5.91 Å². The smallest absolute Gasteiger partial charge is 0.381 e. The summed E-state index contributed by atoms with van der Waals surface area (Å²) in [5, 5.41) is 6.36. The third-order valence-electron chi connectivity index (χ3n) is 10.6. The lowest BCUT2D eigenvalue weighted by atomic mass is 9.99. The molecule has 1 saturated carbocycles. The van der Waals surface area contributed by atoms with Gasteiger partial charge < -0.3 is 30.1 Å². The van der Waals surface area contributed by atoms with E-state index in [9.17, 15) is 27.7 Å². The summed E-state index contributed by atoms with van der Waals surface area (Å²) in [7, 11) is -5.75. The number of carbonyl (C=O) groups is 3. The van der Waals surface area contributed by atoms with Gasteiger partial charge in [-0.3, -0.25) is 23.8 Å². The number of alkyl halides is 2. The number of ether oxygens (including phenoxy) is 1. The molecule has 0 radical (unpaired) electrons. The van der Waals surface area contributed by atoms with Crippen molar-refractivity contribution in [3.05, 3.63) is 34.7 Å². The number of nitrogens with zero attached hydrogens (tertiary/aromatic N) is 2. The standard InChI is InChI=1S/C31H39F2N4O7PS/c32-31(33,45(41,42)43)20-1-4-26-19(12-20)15-27(46-26)29(39)35-24-14-18-11-17(18)13-23-2-3-25(37(23)30(24)40)28(38)34-21-5-8-36(16-21)22-6-9-44-10-7-22/h1,4,12,15,17-18,21-25H,2-3,5-11,13-14,16H2,(H,34,38)(H,35,39)(H2,41,42,43)/t17-,18+,21-,23-,24+,25+/m1/s1. The van der Waals surface area contributed by atoms with Crippen molar-refractivity contribution < 1.29 is 42.3 Å². The molecule has 250 valence electrons. The van der Waals surface area contributed by atoms with Gasteiger partial charge in [0, 0.05) is 54.7 Å². The molecule has 7 rings (SSSR count). The molecule has 1 aromatic carbocycles. The first-order valence-corrected chi connectivity index (χ1v) is 18.5. The maximum atomic E-state index is 14.3. The SMILES string of the molecule is O=C(N[C@H]1C[C@@H]2C[C@@H]2C[C@H]2CC[C@@H](C(=O)N[C@@H]3CCN(C4CCOCC4)C3)N2C1=O)c1cc2cc(C(F)(F)P(=O)(O)O)ccc2s1. The summed E-state index contributed by atoms with van der Waals surface area (Å²) in [6, 6.07) is 3.63. The fourth-order valence-corrected chi connectivity index (χ4v) is 9.39. The number of hydrogen-bond acceptors (Lipinski definition) is 7. The molecule has 2 aromatic rings. The molecule has 1 aliphatic carbocycles. The molecular weight excluding hydrogens is 641 g/mol. The van der Waals surface area contributed by atoms with E-state index in [-0.39, 0.29) is 34.2 Å². The fourth-order valence-electron chi connectivity index (χ4n) is 7.97. The molecule has 46 heavy (non-hydrogen) atoms. The van der Waals surface area contributed by atoms with Crippen LogP contribution in [0.3, 0.4) is 0 Å². The van der Waals surface area contributed by atoms with Crippen LogP contribution >= 0.6 is 18.9 Å². The van der Waals surface area contributed by atoms with Crippen LogP contribution in [-0.4, -0.2) is 93.8 Å². The number of amides is 3. The van der Waals surface area contributed by atoms with E-state index in [1.54, 1.807) is 4.90 Å². The van der Waals surface area contributed by atoms with Gasteiger partial charge in [0.05, 0.1) is 4.88 Å². The molecule has 4 N–H and O–H groups in total. The van der Waals surface area contributed by atoms with E-state index in [0.29, 0.717) is 35.4 Å². The molecule has 3 amide bonds. The monoisotopic (exact) mass is 680 g/mol. The molecule has 5 aliphatic rings. The van der Waals surface area contributed by atoms with Crippen molar-refractivity contribution in [2.75, 3.05) is 26.3 Å². The second-order valence-electron chi connectivity index (χ2n) is 13.5. The molecule has 5 heterocycles. The molecule has 5 fully saturated rings. The average molecular weight is 681 g/mol. The summed E-state index contributed by atoms with van der Waals surface area (Å²) in [6.07, 6.45) is 6.49. The first kappa shape index (κ1) is 32.1. The molecule has 4 saturated heterocycles. The Hall–Kier alpha value is -2.48. The van der Waals surface area contributed by atoms with Crippen LogP contribution in [0.1, 0.15) is 66.6 Å². The lowest BCUT2D eigenvalue weighted by Crippen LogP contribution is -2.57. The summed E-state index contributed by atoms with van der Waals surface area (Å²) in [5.74, 6) is -0.167. The van der Waals surface area contributed by atoms with Gasteiger partial charge in [0.15, 0.2) is 0 Å². The lowest BCUT2D eigenvalue weighted by molar-refractivity contribution is -0.143. The third kappa shape index (κ3) is 6.12. The van der Waals surface area contributed by atoms with Gasteiger partial charge in [-0.2, -0.15) is 8.78 Å². The van der Waals surface area contributed by atoms with Crippen molar-refractivity contribution in [2.24, 2.45) is 11.8 Å². The zero-order chi connectivity index (χ0) is 32.4. The van der Waals surface area contributed by atoms with E-state index < -0.39 is 36.8 Å². The molecular formula is C31H39F2N4O7PS. The third-order valence-corrected chi connectivity index (χ3v) is 12.7. The van der Waals surface area contributed by atoms with E-state index in [0.717, 1.165) is 88.3 Å². The highest BCUT2D eigenvalue weighted by atomic mass is 32.1. The van der Waals surface area contributed by atoms with Gasteiger partial charge in [0.1, 0.15) is 12.1 Å². The van der Waals surface area contributed by atoms with Gasteiger partial charge in [-0.1, -0.05) is 6.07 Å². The van der Waals surface area contributed by atoms with Gasteiger partial charge in [-0.15, -0.1) is 11.3 Å². The van der Waals surface area contributed by atoms with Crippen molar-refractivity contribution in [3.63, 3.8) is 0 Å².